The number of carbonyl (C=O) groups excluding carboxylic acids is 1. The smallest absolute Gasteiger partial charge is 0.190 e. The molecule has 1 aromatic carbocycles. The van der Waals surface area contributed by atoms with Crippen LogP contribution < -0.4 is 0 Å². The summed E-state index contributed by atoms with van der Waals surface area (Å²) in [5, 5.41) is 9.88. The second-order valence-corrected chi connectivity index (χ2v) is 6.19. The molecule has 1 heterocycles. The maximum atomic E-state index is 11.6. The SMILES string of the molecule is CN=C(CC1=NC(C)(C)CO1)c1cc(C(C)=O)c(O)cc1C. The predicted octanol–water partition coefficient (Wildman–Crippen LogP) is 2.92. The summed E-state index contributed by atoms with van der Waals surface area (Å²) in [5.41, 5.74) is 2.58. The van der Waals surface area contributed by atoms with E-state index in [1.807, 2.05) is 20.8 Å². The number of rotatable bonds is 4. The number of hydrogen-bond acceptors (Lipinski definition) is 5. The van der Waals surface area contributed by atoms with E-state index in [0.29, 0.717) is 24.5 Å². The molecule has 0 fully saturated rings. The fourth-order valence-electron chi connectivity index (χ4n) is 2.48. The summed E-state index contributed by atoms with van der Waals surface area (Å²) in [4.78, 5) is 20.5. The molecule has 0 aliphatic carbocycles. The normalized spacial score (nSPS) is 17.1. The van der Waals surface area contributed by atoms with Crippen molar-refractivity contribution in [1.29, 1.82) is 0 Å². The summed E-state index contributed by atoms with van der Waals surface area (Å²) >= 11 is 0. The molecule has 0 saturated heterocycles. The molecule has 1 aliphatic heterocycles. The number of hydrogen-bond donors (Lipinski definition) is 1. The Morgan fingerprint density at radius 1 is 1.41 bits per heavy atom. The first-order valence-corrected chi connectivity index (χ1v) is 7.25. The summed E-state index contributed by atoms with van der Waals surface area (Å²) in [6.45, 7) is 7.91. The number of ether oxygens (including phenoxy) is 1. The maximum Gasteiger partial charge on any atom is 0.190 e. The Hall–Kier alpha value is -2.17. The van der Waals surface area contributed by atoms with Gasteiger partial charge in [0.2, 0.25) is 0 Å². The second kappa shape index (κ2) is 5.91. The highest BCUT2D eigenvalue weighted by atomic mass is 16.5. The van der Waals surface area contributed by atoms with Crippen molar-refractivity contribution >= 4 is 17.4 Å². The molecule has 0 aromatic heterocycles. The first-order valence-electron chi connectivity index (χ1n) is 7.25. The van der Waals surface area contributed by atoms with E-state index >= 15 is 0 Å². The average Bonchev–Trinajstić information content (AvgIpc) is 2.75. The predicted molar refractivity (Wildman–Crippen MR) is 87.4 cm³/mol. The molecular formula is C17H22N2O3. The number of Topliss-reactive ketones (excluding diaryl/α,β-unsaturated/α-hetero) is 1. The number of aromatic hydroxyl groups is 1. The minimum atomic E-state index is -0.206. The summed E-state index contributed by atoms with van der Waals surface area (Å²) < 4.78 is 5.62. The van der Waals surface area contributed by atoms with Gasteiger partial charge in [-0.2, -0.15) is 0 Å². The molecule has 1 aromatic rings. The zero-order valence-corrected chi connectivity index (χ0v) is 13.7. The van der Waals surface area contributed by atoms with Gasteiger partial charge < -0.3 is 9.84 Å². The molecular weight excluding hydrogens is 280 g/mol. The summed E-state index contributed by atoms with van der Waals surface area (Å²) in [5.74, 6) is 0.479. The molecule has 22 heavy (non-hydrogen) atoms. The third kappa shape index (κ3) is 3.35. The van der Waals surface area contributed by atoms with E-state index in [1.54, 1.807) is 19.2 Å². The van der Waals surface area contributed by atoms with Crippen LogP contribution in [0.15, 0.2) is 22.1 Å². The molecule has 1 aliphatic rings. The number of benzene rings is 1. The molecule has 5 nitrogen and oxygen atoms in total. The third-order valence-electron chi connectivity index (χ3n) is 3.64. The highest BCUT2D eigenvalue weighted by Crippen LogP contribution is 2.25. The van der Waals surface area contributed by atoms with E-state index < -0.39 is 0 Å². The number of carbonyl (C=O) groups is 1. The van der Waals surface area contributed by atoms with Gasteiger partial charge in [-0.1, -0.05) is 0 Å². The Kier molecular flexibility index (Phi) is 4.35. The Bertz CT molecular complexity index is 673. The summed E-state index contributed by atoms with van der Waals surface area (Å²) in [7, 11) is 1.70. The van der Waals surface area contributed by atoms with Crippen molar-refractivity contribution in [2.75, 3.05) is 13.7 Å². The Labute approximate surface area is 130 Å². The monoisotopic (exact) mass is 302 g/mol. The van der Waals surface area contributed by atoms with E-state index in [-0.39, 0.29) is 17.1 Å². The summed E-state index contributed by atoms with van der Waals surface area (Å²) in [6, 6.07) is 3.29. The van der Waals surface area contributed by atoms with E-state index in [1.165, 1.54) is 6.92 Å². The molecule has 0 bridgehead atoms. The second-order valence-electron chi connectivity index (χ2n) is 6.19. The molecule has 0 saturated carbocycles. The molecule has 1 N–H and O–H groups in total. The average molecular weight is 302 g/mol. The largest absolute Gasteiger partial charge is 0.507 e. The fraction of sp³-hybridized carbons (Fsp3) is 0.471. The van der Waals surface area contributed by atoms with Gasteiger partial charge in [-0.3, -0.25) is 9.79 Å². The van der Waals surface area contributed by atoms with Gasteiger partial charge in [0.05, 0.1) is 23.2 Å². The van der Waals surface area contributed by atoms with Crippen LogP contribution in [0.4, 0.5) is 0 Å². The molecule has 0 atom stereocenters. The van der Waals surface area contributed by atoms with Gasteiger partial charge in [0.25, 0.3) is 0 Å². The number of nitrogens with zero attached hydrogens (tertiary/aromatic N) is 2. The molecule has 0 spiro atoms. The van der Waals surface area contributed by atoms with Gasteiger partial charge in [0.15, 0.2) is 11.7 Å². The molecule has 2 rings (SSSR count). The number of phenols is 1. The van der Waals surface area contributed by atoms with Crippen LogP contribution in [0.1, 0.15) is 48.7 Å². The molecule has 118 valence electrons. The van der Waals surface area contributed by atoms with E-state index in [9.17, 15) is 9.90 Å². The Morgan fingerprint density at radius 2 is 2.09 bits per heavy atom. The fourth-order valence-corrected chi connectivity index (χ4v) is 2.48. The molecule has 0 radical (unpaired) electrons. The van der Waals surface area contributed by atoms with Gasteiger partial charge in [-0.15, -0.1) is 0 Å². The van der Waals surface area contributed by atoms with Crippen LogP contribution in [0.5, 0.6) is 5.75 Å². The van der Waals surface area contributed by atoms with Gasteiger partial charge >= 0.3 is 0 Å². The van der Waals surface area contributed by atoms with Crippen LogP contribution in [-0.4, -0.2) is 41.7 Å². The van der Waals surface area contributed by atoms with Crippen LogP contribution >= 0.6 is 0 Å². The first-order chi connectivity index (χ1) is 10.2. The van der Waals surface area contributed by atoms with Crippen LogP contribution in [0.25, 0.3) is 0 Å². The van der Waals surface area contributed by atoms with Crippen molar-refractivity contribution in [3.63, 3.8) is 0 Å². The van der Waals surface area contributed by atoms with Gasteiger partial charge in [-0.05, 0) is 51.0 Å². The number of phenolic OH excluding ortho intramolecular Hbond substituents is 1. The van der Waals surface area contributed by atoms with Crippen molar-refractivity contribution < 1.29 is 14.6 Å². The van der Waals surface area contributed by atoms with Crippen molar-refractivity contribution in [2.24, 2.45) is 9.98 Å². The highest BCUT2D eigenvalue weighted by Gasteiger charge is 2.27. The maximum absolute atomic E-state index is 11.6. The summed E-state index contributed by atoms with van der Waals surface area (Å²) in [6.07, 6.45) is 0.475. The number of aryl methyl sites for hydroxylation is 1. The lowest BCUT2D eigenvalue weighted by Crippen LogP contribution is -2.17. The lowest BCUT2D eigenvalue weighted by Gasteiger charge is -2.12. The van der Waals surface area contributed by atoms with Crippen molar-refractivity contribution in [1.82, 2.24) is 0 Å². The van der Waals surface area contributed by atoms with Crippen LogP contribution in [0, 0.1) is 6.92 Å². The lowest BCUT2D eigenvalue weighted by molar-refractivity contribution is 0.101. The van der Waals surface area contributed by atoms with Gasteiger partial charge in [-0.25, -0.2) is 4.99 Å². The third-order valence-corrected chi connectivity index (χ3v) is 3.64. The van der Waals surface area contributed by atoms with Gasteiger partial charge in [0.1, 0.15) is 12.4 Å². The van der Waals surface area contributed by atoms with Crippen molar-refractivity contribution in [3.8, 4) is 5.75 Å². The topological polar surface area (TPSA) is 71.2 Å². The van der Waals surface area contributed by atoms with E-state index in [2.05, 4.69) is 9.98 Å². The molecule has 0 unspecified atom stereocenters. The van der Waals surface area contributed by atoms with Crippen molar-refractivity contribution in [3.05, 3.63) is 28.8 Å². The molecule has 5 heteroatoms. The Morgan fingerprint density at radius 3 is 2.59 bits per heavy atom. The van der Waals surface area contributed by atoms with E-state index in [4.69, 9.17) is 4.74 Å². The van der Waals surface area contributed by atoms with E-state index in [0.717, 1.165) is 16.8 Å². The number of aliphatic imine (C=N–C) groups is 2. The highest BCUT2D eigenvalue weighted by molar-refractivity contribution is 6.12. The van der Waals surface area contributed by atoms with Crippen LogP contribution in [0.2, 0.25) is 0 Å². The molecule has 0 amide bonds. The Balaban J connectivity index is 2.37. The zero-order valence-electron chi connectivity index (χ0n) is 13.7. The van der Waals surface area contributed by atoms with Crippen LogP contribution in [-0.2, 0) is 4.74 Å². The first kappa shape index (κ1) is 16.2. The minimum absolute atomic E-state index is 0.000191. The zero-order chi connectivity index (χ0) is 16.5. The lowest BCUT2D eigenvalue weighted by atomic mass is 9.96. The van der Waals surface area contributed by atoms with Crippen LogP contribution in [0.3, 0.4) is 0 Å². The van der Waals surface area contributed by atoms with Crippen molar-refractivity contribution in [2.45, 2.75) is 39.7 Å². The standard InChI is InChI=1S/C17H22N2O3/c1-10-6-15(21)13(11(2)20)7-12(10)14(18-5)8-16-19-17(3,4)9-22-16/h6-7,21H,8-9H2,1-5H3. The quantitative estimate of drug-likeness (QED) is 0.686. The van der Waals surface area contributed by atoms with Gasteiger partial charge in [0, 0.05) is 7.05 Å². The number of ketones is 1. The minimum Gasteiger partial charge on any atom is -0.507 e.